The minimum atomic E-state index is -1.04. The molecule has 0 unspecified atom stereocenters. The van der Waals surface area contributed by atoms with Gasteiger partial charge in [-0.3, -0.25) is 4.68 Å². The van der Waals surface area contributed by atoms with E-state index in [2.05, 4.69) is 15.4 Å². The smallest absolute Gasteiger partial charge is 0.335 e. The van der Waals surface area contributed by atoms with Gasteiger partial charge in [0, 0.05) is 25.4 Å². The van der Waals surface area contributed by atoms with Crippen LogP contribution in [0.4, 0.5) is 5.82 Å². The molecular weight excluding hydrogens is 268 g/mol. The van der Waals surface area contributed by atoms with Crippen molar-refractivity contribution in [2.45, 2.75) is 13.5 Å². The van der Waals surface area contributed by atoms with E-state index in [9.17, 15) is 4.79 Å². The largest absolute Gasteiger partial charge is 0.478 e. The van der Waals surface area contributed by atoms with Gasteiger partial charge >= 0.3 is 5.97 Å². The number of aromatic carboxylic acids is 1. The number of carbonyl (C=O) groups is 1. The summed E-state index contributed by atoms with van der Waals surface area (Å²) < 4.78 is 1.72. The van der Waals surface area contributed by atoms with E-state index in [1.54, 1.807) is 4.68 Å². The second-order valence-electron chi connectivity index (χ2n) is 4.14. The molecule has 0 bridgehead atoms. The molecule has 0 aromatic carbocycles. The minimum absolute atomic E-state index is 0.102. The number of anilines is 1. The van der Waals surface area contributed by atoms with Crippen molar-refractivity contribution in [2.24, 2.45) is 7.05 Å². The van der Waals surface area contributed by atoms with Crippen molar-refractivity contribution in [1.82, 2.24) is 14.8 Å². The number of halogens is 1. The molecule has 2 rings (SSSR count). The van der Waals surface area contributed by atoms with Crippen LogP contribution in [0, 0.1) is 6.92 Å². The normalized spacial score (nSPS) is 10.5. The van der Waals surface area contributed by atoms with Crippen LogP contribution in [0.1, 0.15) is 21.6 Å². The summed E-state index contributed by atoms with van der Waals surface area (Å²) in [5.74, 6) is -0.613. The lowest BCUT2D eigenvalue weighted by Gasteiger charge is -2.06. The van der Waals surface area contributed by atoms with E-state index in [1.165, 1.54) is 12.1 Å². The molecule has 0 aliphatic heterocycles. The topological polar surface area (TPSA) is 80.0 Å². The average molecular weight is 281 g/mol. The Morgan fingerprint density at radius 3 is 2.84 bits per heavy atom. The Bertz CT molecular complexity index is 624. The first-order valence-corrected chi connectivity index (χ1v) is 5.97. The lowest BCUT2D eigenvalue weighted by Crippen LogP contribution is -2.04. The maximum atomic E-state index is 10.9. The van der Waals surface area contributed by atoms with Gasteiger partial charge in [-0.15, -0.1) is 0 Å². The molecule has 0 aliphatic carbocycles. The summed E-state index contributed by atoms with van der Waals surface area (Å²) in [5, 5.41) is 16.3. The summed E-state index contributed by atoms with van der Waals surface area (Å²) in [7, 11) is 1.84. The Hall–Kier alpha value is -2.08. The molecule has 0 saturated heterocycles. The number of hydrogen-bond donors (Lipinski definition) is 2. The number of hydrogen-bond acceptors (Lipinski definition) is 4. The van der Waals surface area contributed by atoms with E-state index >= 15 is 0 Å². The van der Waals surface area contributed by atoms with Gasteiger partial charge in [-0.2, -0.15) is 5.10 Å². The molecule has 19 heavy (non-hydrogen) atoms. The predicted molar refractivity (Wildman–Crippen MR) is 71.5 cm³/mol. The fourth-order valence-electron chi connectivity index (χ4n) is 1.72. The minimum Gasteiger partial charge on any atom is -0.478 e. The molecule has 2 N–H and O–H groups in total. The molecule has 0 spiro atoms. The predicted octanol–water partition coefficient (Wildman–Crippen LogP) is 2.09. The third-order valence-corrected chi connectivity index (χ3v) is 2.81. The number of pyridine rings is 1. The Kier molecular flexibility index (Phi) is 3.71. The lowest BCUT2D eigenvalue weighted by atomic mass is 10.2. The van der Waals surface area contributed by atoms with Crippen LogP contribution in [0.3, 0.4) is 0 Å². The monoisotopic (exact) mass is 280 g/mol. The lowest BCUT2D eigenvalue weighted by molar-refractivity contribution is 0.0697. The van der Waals surface area contributed by atoms with Crippen molar-refractivity contribution in [3.05, 3.63) is 40.3 Å². The van der Waals surface area contributed by atoms with Crippen LogP contribution < -0.4 is 5.32 Å². The van der Waals surface area contributed by atoms with Gasteiger partial charge < -0.3 is 10.4 Å². The van der Waals surface area contributed by atoms with Crippen LogP contribution in [0.15, 0.2) is 18.3 Å². The fourth-order valence-corrected chi connectivity index (χ4v) is 1.93. The second kappa shape index (κ2) is 5.27. The highest BCUT2D eigenvalue weighted by Crippen LogP contribution is 2.16. The molecule has 0 radical (unpaired) electrons. The Morgan fingerprint density at radius 1 is 1.53 bits per heavy atom. The van der Waals surface area contributed by atoms with E-state index in [-0.39, 0.29) is 10.7 Å². The number of carboxylic acid groups (broad SMARTS) is 1. The molecule has 2 heterocycles. The number of nitrogens with zero attached hydrogens (tertiary/aromatic N) is 3. The van der Waals surface area contributed by atoms with Crippen LogP contribution in [0.2, 0.25) is 5.15 Å². The first-order valence-electron chi connectivity index (χ1n) is 5.59. The molecule has 7 heteroatoms. The molecule has 100 valence electrons. The first kappa shape index (κ1) is 13.4. The van der Waals surface area contributed by atoms with Crippen molar-refractivity contribution in [2.75, 3.05) is 5.32 Å². The van der Waals surface area contributed by atoms with Crippen LogP contribution in [0.5, 0.6) is 0 Å². The van der Waals surface area contributed by atoms with Crippen molar-refractivity contribution in [3.8, 4) is 0 Å². The zero-order valence-corrected chi connectivity index (χ0v) is 11.3. The number of carboxylic acids is 1. The third kappa shape index (κ3) is 3.23. The number of aromatic nitrogens is 3. The highest BCUT2D eigenvalue weighted by molar-refractivity contribution is 6.29. The molecule has 0 saturated carbocycles. The summed E-state index contributed by atoms with van der Waals surface area (Å²) in [6, 6.07) is 2.75. The van der Waals surface area contributed by atoms with Crippen LogP contribution >= 0.6 is 11.6 Å². The molecule has 0 atom stereocenters. The van der Waals surface area contributed by atoms with E-state index in [4.69, 9.17) is 16.7 Å². The quantitative estimate of drug-likeness (QED) is 0.838. The van der Waals surface area contributed by atoms with Gasteiger partial charge in [0.25, 0.3) is 0 Å². The highest BCUT2D eigenvalue weighted by atomic mass is 35.5. The van der Waals surface area contributed by atoms with Crippen molar-refractivity contribution in [3.63, 3.8) is 0 Å². The van der Waals surface area contributed by atoms with E-state index < -0.39 is 5.97 Å². The number of rotatable bonds is 4. The van der Waals surface area contributed by atoms with E-state index in [0.29, 0.717) is 12.4 Å². The Labute approximate surface area is 115 Å². The van der Waals surface area contributed by atoms with Crippen molar-refractivity contribution < 1.29 is 9.90 Å². The van der Waals surface area contributed by atoms with Crippen LogP contribution in [-0.2, 0) is 13.6 Å². The zero-order valence-electron chi connectivity index (χ0n) is 10.5. The molecule has 0 aliphatic rings. The summed E-state index contributed by atoms with van der Waals surface area (Å²) in [5.41, 5.74) is 2.03. The molecule has 0 fully saturated rings. The molecule has 6 nitrogen and oxygen atoms in total. The van der Waals surface area contributed by atoms with Crippen molar-refractivity contribution in [1.29, 1.82) is 0 Å². The van der Waals surface area contributed by atoms with Gasteiger partial charge in [0.15, 0.2) is 0 Å². The number of aryl methyl sites for hydroxylation is 2. The standard InChI is InChI=1S/C12H13ClN4O2/c1-7-9(6-17(2)16-7)5-14-11-4-8(12(18)19)3-10(13)15-11/h3-4,6H,5H2,1-2H3,(H,14,15)(H,18,19). The molecular formula is C12H13ClN4O2. The summed E-state index contributed by atoms with van der Waals surface area (Å²) >= 11 is 5.78. The summed E-state index contributed by atoms with van der Waals surface area (Å²) in [6.07, 6.45) is 1.89. The van der Waals surface area contributed by atoms with E-state index in [0.717, 1.165) is 11.3 Å². The van der Waals surface area contributed by atoms with Gasteiger partial charge in [-0.05, 0) is 19.1 Å². The summed E-state index contributed by atoms with van der Waals surface area (Å²) in [4.78, 5) is 14.9. The first-order chi connectivity index (χ1) is 8.95. The molecule has 2 aromatic rings. The molecule has 0 amide bonds. The average Bonchev–Trinajstić information content (AvgIpc) is 2.64. The Balaban J connectivity index is 2.15. The third-order valence-electron chi connectivity index (χ3n) is 2.62. The van der Waals surface area contributed by atoms with Gasteiger partial charge in [0.1, 0.15) is 11.0 Å². The SMILES string of the molecule is Cc1nn(C)cc1CNc1cc(C(=O)O)cc(Cl)n1. The fraction of sp³-hybridized carbons (Fsp3) is 0.250. The van der Waals surface area contributed by atoms with Crippen LogP contribution in [0.25, 0.3) is 0 Å². The van der Waals surface area contributed by atoms with Gasteiger partial charge in [-0.25, -0.2) is 9.78 Å². The van der Waals surface area contributed by atoms with Gasteiger partial charge in [-0.1, -0.05) is 11.6 Å². The maximum Gasteiger partial charge on any atom is 0.335 e. The zero-order chi connectivity index (χ0) is 14.0. The number of nitrogens with one attached hydrogen (secondary N) is 1. The van der Waals surface area contributed by atoms with Crippen LogP contribution in [-0.4, -0.2) is 25.8 Å². The van der Waals surface area contributed by atoms with E-state index in [1.807, 2.05) is 20.2 Å². The van der Waals surface area contributed by atoms with Crippen molar-refractivity contribution >= 4 is 23.4 Å². The highest BCUT2D eigenvalue weighted by Gasteiger charge is 2.08. The maximum absolute atomic E-state index is 10.9. The molecule has 2 aromatic heterocycles. The second-order valence-corrected chi connectivity index (χ2v) is 4.52. The van der Waals surface area contributed by atoms with Gasteiger partial charge in [0.05, 0.1) is 11.3 Å². The Morgan fingerprint density at radius 2 is 2.26 bits per heavy atom. The van der Waals surface area contributed by atoms with Gasteiger partial charge in [0.2, 0.25) is 0 Å². The summed E-state index contributed by atoms with van der Waals surface area (Å²) in [6.45, 7) is 2.41.